The predicted octanol–water partition coefficient (Wildman–Crippen LogP) is 0.269. The van der Waals surface area contributed by atoms with Gasteiger partial charge >= 0.3 is 0 Å². The minimum atomic E-state index is -0.791. The Morgan fingerprint density at radius 2 is 2.40 bits per heavy atom. The van der Waals surface area contributed by atoms with E-state index in [1.54, 1.807) is 0 Å². The van der Waals surface area contributed by atoms with E-state index in [1.165, 1.54) is 0 Å². The van der Waals surface area contributed by atoms with E-state index >= 15 is 0 Å². The highest BCUT2D eigenvalue weighted by atomic mass is 19.1. The van der Waals surface area contributed by atoms with Gasteiger partial charge in [-0.3, -0.25) is 0 Å². The van der Waals surface area contributed by atoms with Crippen molar-refractivity contribution in [3.05, 3.63) is 0 Å². The molecule has 1 fully saturated rings. The van der Waals surface area contributed by atoms with Gasteiger partial charge in [-0.1, -0.05) is 0 Å². The summed E-state index contributed by atoms with van der Waals surface area (Å²) in [6, 6.07) is 0. The normalized spacial score (nSPS) is 36.3. The minimum Gasteiger partial charge on any atom is -0.396 e. The lowest BCUT2D eigenvalue weighted by atomic mass is 9.97. The second-order valence-corrected chi connectivity index (χ2v) is 3.01. The summed E-state index contributed by atoms with van der Waals surface area (Å²) in [5.41, 5.74) is 0. The van der Waals surface area contributed by atoms with Gasteiger partial charge in [0.15, 0.2) is 0 Å². The molecule has 0 unspecified atom stereocenters. The van der Waals surface area contributed by atoms with Gasteiger partial charge in [0, 0.05) is 25.6 Å². The summed E-state index contributed by atoms with van der Waals surface area (Å²) >= 11 is 0. The molecule has 0 aliphatic carbocycles. The molecule has 0 spiro atoms. The van der Waals surface area contributed by atoms with Gasteiger partial charge in [-0.2, -0.15) is 0 Å². The largest absolute Gasteiger partial charge is 0.396 e. The van der Waals surface area contributed by atoms with Crippen LogP contribution in [0.2, 0.25) is 0 Å². The molecule has 0 saturated carbocycles. The fourth-order valence-electron chi connectivity index (χ4n) is 1.36. The SMILES string of the molecule is CN1CC[C@@H](F)[C@@H](CO)C1. The zero-order valence-electron chi connectivity index (χ0n) is 6.26. The Balaban J connectivity index is 2.38. The highest BCUT2D eigenvalue weighted by molar-refractivity contribution is 4.77. The lowest BCUT2D eigenvalue weighted by Crippen LogP contribution is -2.40. The van der Waals surface area contributed by atoms with Crippen LogP contribution in [0.5, 0.6) is 0 Å². The summed E-state index contributed by atoms with van der Waals surface area (Å²) in [7, 11) is 1.95. The summed E-state index contributed by atoms with van der Waals surface area (Å²) in [4.78, 5) is 2.05. The molecule has 1 aliphatic rings. The second kappa shape index (κ2) is 3.30. The Labute approximate surface area is 60.6 Å². The number of aliphatic hydroxyl groups excluding tert-OH is 1. The van der Waals surface area contributed by atoms with Crippen molar-refractivity contribution in [1.29, 1.82) is 0 Å². The van der Waals surface area contributed by atoms with Gasteiger partial charge < -0.3 is 10.0 Å². The van der Waals surface area contributed by atoms with Crippen LogP contribution in [-0.2, 0) is 0 Å². The monoisotopic (exact) mass is 147 g/mol. The summed E-state index contributed by atoms with van der Waals surface area (Å²) in [6.45, 7) is 1.49. The van der Waals surface area contributed by atoms with Crippen molar-refractivity contribution in [3.63, 3.8) is 0 Å². The van der Waals surface area contributed by atoms with Gasteiger partial charge in [-0.15, -0.1) is 0 Å². The topological polar surface area (TPSA) is 23.5 Å². The molecule has 1 N–H and O–H groups in total. The molecule has 0 aromatic carbocycles. The van der Waals surface area contributed by atoms with Crippen molar-refractivity contribution in [1.82, 2.24) is 4.90 Å². The number of piperidine rings is 1. The quantitative estimate of drug-likeness (QED) is 0.575. The van der Waals surface area contributed by atoms with Crippen LogP contribution in [0.4, 0.5) is 4.39 Å². The standard InChI is InChI=1S/C7H14FNO/c1-9-3-2-7(8)6(4-9)5-10/h6-7,10H,2-5H2,1H3/t6-,7-/m1/s1. The van der Waals surface area contributed by atoms with Gasteiger partial charge in [0.2, 0.25) is 0 Å². The van der Waals surface area contributed by atoms with Crippen LogP contribution in [-0.4, -0.2) is 42.9 Å². The number of alkyl halides is 1. The minimum absolute atomic E-state index is 0.0223. The van der Waals surface area contributed by atoms with Gasteiger partial charge in [-0.05, 0) is 13.5 Å². The van der Waals surface area contributed by atoms with Gasteiger partial charge in [0.05, 0.1) is 0 Å². The number of nitrogens with zero attached hydrogens (tertiary/aromatic N) is 1. The summed E-state index contributed by atoms with van der Waals surface area (Å²) in [6.07, 6.45) is -0.219. The molecule has 60 valence electrons. The van der Waals surface area contributed by atoms with Crippen molar-refractivity contribution in [2.75, 3.05) is 26.7 Å². The number of aliphatic hydroxyl groups is 1. The molecular formula is C7H14FNO. The lowest BCUT2D eigenvalue weighted by Gasteiger charge is -2.31. The summed E-state index contributed by atoms with van der Waals surface area (Å²) in [5, 5.41) is 8.71. The number of hydrogen-bond donors (Lipinski definition) is 1. The van der Waals surface area contributed by atoms with E-state index < -0.39 is 6.17 Å². The average molecular weight is 147 g/mol. The van der Waals surface area contributed by atoms with Crippen LogP contribution >= 0.6 is 0 Å². The molecule has 2 nitrogen and oxygen atoms in total. The summed E-state index contributed by atoms with van der Waals surface area (Å²) in [5.74, 6) is -0.154. The van der Waals surface area contributed by atoms with Crippen molar-refractivity contribution >= 4 is 0 Å². The smallest absolute Gasteiger partial charge is 0.108 e. The molecule has 3 heteroatoms. The van der Waals surface area contributed by atoms with Gasteiger partial charge in [0.25, 0.3) is 0 Å². The number of rotatable bonds is 1. The van der Waals surface area contributed by atoms with Crippen LogP contribution in [0.3, 0.4) is 0 Å². The van der Waals surface area contributed by atoms with E-state index in [0.29, 0.717) is 13.0 Å². The lowest BCUT2D eigenvalue weighted by molar-refractivity contribution is 0.0616. The first-order valence-electron chi connectivity index (χ1n) is 3.67. The molecule has 0 aromatic heterocycles. The first kappa shape index (κ1) is 7.95. The van der Waals surface area contributed by atoms with Crippen LogP contribution in [0, 0.1) is 5.92 Å². The third-order valence-electron chi connectivity index (χ3n) is 2.08. The predicted molar refractivity (Wildman–Crippen MR) is 37.6 cm³/mol. The molecule has 10 heavy (non-hydrogen) atoms. The van der Waals surface area contributed by atoms with Crippen LogP contribution in [0.15, 0.2) is 0 Å². The zero-order valence-corrected chi connectivity index (χ0v) is 6.26. The van der Waals surface area contributed by atoms with E-state index in [4.69, 9.17) is 5.11 Å². The third-order valence-corrected chi connectivity index (χ3v) is 2.08. The maximum Gasteiger partial charge on any atom is 0.108 e. The Morgan fingerprint density at radius 1 is 1.70 bits per heavy atom. The summed E-state index contributed by atoms with van der Waals surface area (Å²) < 4.78 is 12.8. The molecular weight excluding hydrogens is 133 g/mol. The van der Waals surface area contributed by atoms with Gasteiger partial charge in [-0.25, -0.2) is 4.39 Å². The van der Waals surface area contributed by atoms with E-state index in [9.17, 15) is 4.39 Å². The molecule has 0 radical (unpaired) electrons. The van der Waals surface area contributed by atoms with Crippen molar-refractivity contribution < 1.29 is 9.50 Å². The van der Waals surface area contributed by atoms with Crippen LogP contribution < -0.4 is 0 Å². The zero-order chi connectivity index (χ0) is 7.56. The molecule has 1 heterocycles. The fourth-order valence-corrected chi connectivity index (χ4v) is 1.36. The highest BCUT2D eigenvalue weighted by Gasteiger charge is 2.26. The third kappa shape index (κ3) is 1.67. The Hall–Kier alpha value is -0.150. The number of hydrogen-bond acceptors (Lipinski definition) is 2. The number of likely N-dealkylation sites (tertiary alicyclic amines) is 1. The van der Waals surface area contributed by atoms with E-state index in [2.05, 4.69) is 4.90 Å². The molecule has 0 amide bonds. The maximum atomic E-state index is 12.8. The molecule has 0 aromatic rings. The van der Waals surface area contributed by atoms with Crippen molar-refractivity contribution in [2.24, 2.45) is 5.92 Å². The first-order chi connectivity index (χ1) is 4.74. The van der Waals surface area contributed by atoms with Crippen LogP contribution in [0.1, 0.15) is 6.42 Å². The number of halogens is 1. The maximum absolute atomic E-state index is 12.8. The first-order valence-corrected chi connectivity index (χ1v) is 3.67. The van der Waals surface area contributed by atoms with E-state index in [-0.39, 0.29) is 12.5 Å². The Morgan fingerprint density at radius 3 is 2.90 bits per heavy atom. The molecule has 1 saturated heterocycles. The van der Waals surface area contributed by atoms with Crippen LogP contribution in [0.25, 0.3) is 0 Å². The Bertz CT molecular complexity index is 110. The molecule has 0 bridgehead atoms. The van der Waals surface area contributed by atoms with E-state index in [1.807, 2.05) is 7.05 Å². The van der Waals surface area contributed by atoms with Crippen molar-refractivity contribution in [3.8, 4) is 0 Å². The molecule has 1 aliphatic heterocycles. The van der Waals surface area contributed by atoms with Crippen molar-refractivity contribution in [2.45, 2.75) is 12.6 Å². The second-order valence-electron chi connectivity index (χ2n) is 3.01. The molecule has 2 atom stereocenters. The molecule has 1 rings (SSSR count). The highest BCUT2D eigenvalue weighted by Crippen LogP contribution is 2.18. The average Bonchev–Trinajstić information content (AvgIpc) is 1.94. The Kier molecular flexibility index (Phi) is 2.63. The van der Waals surface area contributed by atoms with E-state index in [0.717, 1.165) is 6.54 Å². The fraction of sp³-hybridized carbons (Fsp3) is 1.00. The van der Waals surface area contributed by atoms with Gasteiger partial charge in [0.1, 0.15) is 6.17 Å².